The molecule has 6 nitrogen and oxygen atoms in total. The molecule has 4 rings (SSSR count). The Bertz CT molecular complexity index is 1080. The van der Waals surface area contributed by atoms with Crippen molar-refractivity contribution in [1.29, 1.82) is 0 Å². The Morgan fingerprint density at radius 1 is 1.31 bits per heavy atom. The van der Waals surface area contributed by atoms with Gasteiger partial charge in [0.05, 0.1) is 27.9 Å². The van der Waals surface area contributed by atoms with Crippen molar-refractivity contribution in [2.45, 2.75) is 44.6 Å². The third-order valence-corrected chi connectivity index (χ3v) is 7.63. The van der Waals surface area contributed by atoms with E-state index in [0.717, 1.165) is 58.3 Å². The Morgan fingerprint density at radius 2 is 2.07 bits per heavy atom. The van der Waals surface area contributed by atoms with Gasteiger partial charge in [-0.3, -0.25) is 9.59 Å². The molecule has 0 bridgehead atoms. The summed E-state index contributed by atoms with van der Waals surface area (Å²) in [5.41, 5.74) is 3.24. The lowest BCUT2D eigenvalue weighted by Gasteiger charge is -2.23. The molecule has 152 valence electrons. The van der Waals surface area contributed by atoms with Crippen LogP contribution in [0.4, 0.5) is 0 Å². The van der Waals surface area contributed by atoms with Gasteiger partial charge in [0.1, 0.15) is 11.4 Å². The Kier molecular flexibility index (Phi) is 5.56. The molecule has 0 aliphatic heterocycles. The Balaban J connectivity index is 2.04. The van der Waals surface area contributed by atoms with Gasteiger partial charge in [-0.05, 0) is 41.8 Å². The van der Waals surface area contributed by atoms with E-state index in [1.54, 1.807) is 12.1 Å². The van der Waals surface area contributed by atoms with Gasteiger partial charge in [-0.15, -0.1) is 22.7 Å². The number of fused-ring (bicyclic) bond motifs is 1. The average molecular weight is 432 g/mol. The number of esters is 1. The minimum atomic E-state index is -0.975. The van der Waals surface area contributed by atoms with Crippen molar-refractivity contribution in [3.05, 3.63) is 33.5 Å². The average Bonchev–Trinajstić information content (AvgIpc) is 3.42. The normalized spacial score (nSPS) is 14.9. The Hall–Kier alpha value is -2.45. The zero-order chi connectivity index (χ0) is 20.5. The van der Waals surface area contributed by atoms with Gasteiger partial charge in [0, 0.05) is 5.56 Å². The largest absolute Gasteiger partial charge is 0.477 e. The number of rotatable bonds is 6. The van der Waals surface area contributed by atoms with Crippen LogP contribution in [0.15, 0.2) is 17.5 Å². The lowest BCUT2D eigenvalue weighted by Crippen LogP contribution is -2.13. The fraction of sp³-hybridized carbons (Fsp3) is 0.381. The van der Waals surface area contributed by atoms with Gasteiger partial charge in [0.2, 0.25) is 0 Å². The van der Waals surface area contributed by atoms with Crippen LogP contribution in [0.1, 0.15) is 63.6 Å². The first kappa shape index (κ1) is 19.8. The van der Waals surface area contributed by atoms with Crippen LogP contribution >= 0.6 is 22.7 Å². The van der Waals surface area contributed by atoms with E-state index in [0.29, 0.717) is 5.56 Å². The summed E-state index contributed by atoms with van der Waals surface area (Å²) in [4.78, 5) is 36.6. The summed E-state index contributed by atoms with van der Waals surface area (Å²) < 4.78 is 7.64. The maximum absolute atomic E-state index is 12.2. The molecule has 1 saturated carbocycles. The van der Waals surface area contributed by atoms with Crippen LogP contribution in [0.3, 0.4) is 0 Å². The third-order valence-electron chi connectivity index (χ3n) is 5.55. The van der Waals surface area contributed by atoms with Crippen LogP contribution in [0.25, 0.3) is 20.8 Å². The van der Waals surface area contributed by atoms with Crippen molar-refractivity contribution in [2.24, 2.45) is 0 Å². The summed E-state index contributed by atoms with van der Waals surface area (Å²) in [6.45, 7) is -0.0267. The van der Waals surface area contributed by atoms with Gasteiger partial charge in [-0.25, -0.2) is 4.79 Å². The van der Waals surface area contributed by atoms with E-state index in [1.807, 2.05) is 9.95 Å². The minimum Gasteiger partial charge on any atom is -0.477 e. The highest BCUT2D eigenvalue weighted by atomic mass is 32.1. The molecule has 3 heterocycles. The van der Waals surface area contributed by atoms with E-state index in [1.165, 1.54) is 36.2 Å². The van der Waals surface area contributed by atoms with Crippen LogP contribution < -0.4 is 0 Å². The van der Waals surface area contributed by atoms with Gasteiger partial charge in [0.25, 0.3) is 0 Å². The predicted octanol–water partition coefficient (Wildman–Crippen LogP) is 5.16. The smallest absolute Gasteiger partial charge is 0.345 e. The number of aromatic carboxylic acids is 1. The first-order valence-corrected chi connectivity index (χ1v) is 11.2. The number of carboxylic acids is 1. The van der Waals surface area contributed by atoms with Crippen molar-refractivity contribution in [3.63, 3.8) is 0 Å². The molecule has 0 radical (unpaired) electrons. The van der Waals surface area contributed by atoms with Crippen molar-refractivity contribution in [3.8, 4) is 10.6 Å². The molecular weight excluding hydrogens is 410 g/mol. The molecule has 8 heteroatoms. The van der Waals surface area contributed by atoms with E-state index in [4.69, 9.17) is 4.74 Å². The van der Waals surface area contributed by atoms with E-state index in [9.17, 15) is 19.5 Å². The third kappa shape index (κ3) is 3.51. The van der Waals surface area contributed by atoms with Crippen molar-refractivity contribution in [1.82, 2.24) is 4.57 Å². The number of aromatic nitrogens is 1. The maximum atomic E-state index is 12.2. The van der Waals surface area contributed by atoms with Crippen LogP contribution in [0.2, 0.25) is 0 Å². The quantitative estimate of drug-likeness (QED) is 0.430. The molecule has 1 aliphatic carbocycles. The molecule has 1 aliphatic rings. The number of ether oxygens (including phenoxy) is 1. The summed E-state index contributed by atoms with van der Waals surface area (Å²) >= 11 is 2.72. The Labute approximate surface area is 175 Å². The highest BCUT2D eigenvalue weighted by molar-refractivity contribution is 7.21. The number of carbonyl (C=O) groups is 3. The number of nitrogens with zero attached hydrogens (tertiary/aromatic N) is 1. The van der Waals surface area contributed by atoms with E-state index in [2.05, 4.69) is 0 Å². The number of hydrogen-bond donors (Lipinski definition) is 1. The molecule has 29 heavy (non-hydrogen) atoms. The van der Waals surface area contributed by atoms with E-state index in [-0.39, 0.29) is 17.3 Å². The fourth-order valence-electron chi connectivity index (χ4n) is 4.23. The molecule has 1 fully saturated rings. The lowest BCUT2D eigenvalue weighted by atomic mass is 9.83. The summed E-state index contributed by atoms with van der Waals surface area (Å²) in [5, 5.41) is 11.4. The SMILES string of the molecule is COC(=O)Cn1c(-c2sccc2C=O)c(C2CCCCC2)c2sc(C(=O)O)cc21. The highest BCUT2D eigenvalue weighted by Crippen LogP contribution is 2.48. The van der Waals surface area contributed by atoms with Gasteiger partial charge in [0.15, 0.2) is 6.29 Å². The molecule has 0 saturated heterocycles. The number of hydrogen-bond acceptors (Lipinski definition) is 6. The summed E-state index contributed by atoms with van der Waals surface area (Å²) in [6, 6.07) is 3.42. The number of carboxylic acid groups (broad SMARTS) is 1. The predicted molar refractivity (Wildman–Crippen MR) is 113 cm³/mol. The van der Waals surface area contributed by atoms with Crippen molar-refractivity contribution in [2.75, 3.05) is 7.11 Å². The summed E-state index contributed by atoms with van der Waals surface area (Å²) in [5.74, 6) is -1.11. The zero-order valence-electron chi connectivity index (χ0n) is 16.0. The standard InChI is InChI=1S/C21H21NO5S2/c1-27-16(24)10-22-14-9-15(21(25)26)29-20(14)17(12-5-3-2-4-6-12)18(22)19-13(11-23)7-8-28-19/h7-9,11-12H,2-6,10H2,1H3,(H,25,26). The second-order valence-corrected chi connectivity index (χ2v) is 9.18. The number of methoxy groups -OCH3 is 1. The number of aldehydes is 1. The summed E-state index contributed by atoms with van der Waals surface area (Å²) in [6.07, 6.45) is 6.31. The molecule has 0 spiro atoms. The molecule has 0 amide bonds. The van der Waals surface area contributed by atoms with Crippen molar-refractivity contribution < 1.29 is 24.2 Å². The number of thiophene rings is 2. The van der Waals surface area contributed by atoms with Crippen molar-refractivity contribution >= 4 is 51.1 Å². The lowest BCUT2D eigenvalue weighted by molar-refractivity contribution is -0.141. The monoisotopic (exact) mass is 431 g/mol. The first-order valence-electron chi connectivity index (χ1n) is 9.54. The summed E-state index contributed by atoms with van der Waals surface area (Å²) in [7, 11) is 1.34. The van der Waals surface area contributed by atoms with Crippen LogP contribution in [-0.2, 0) is 16.1 Å². The second kappa shape index (κ2) is 8.12. The molecule has 0 aromatic carbocycles. The van der Waals surface area contributed by atoms with Crippen LogP contribution in [0, 0.1) is 0 Å². The second-order valence-electron chi connectivity index (χ2n) is 7.21. The fourth-order valence-corrected chi connectivity index (χ4v) is 6.29. The van der Waals surface area contributed by atoms with Crippen LogP contribution in [-0.4, -0.2) is 35.0 Å². The first-order chi connectivity index (χ1) is 14.0. The van der Waals surface area contributed by atoms with Gasteiger partial charge < -0.3 is 14.4 Å². The Morgan fingerprint density at radius 3 is 2.72 bits per heavy atom. The molecule has 0 atom stereocenters. The van der Waals surface area contributed by atoms with Gasteiger partial charge in [-0.2, -0.15) is 0 Å². The topological polar surface area (TPSA) is 85.6 Å². The molecular formula is C21H21NO5S2. The van der Waals surface area contributed by atoms with Crippen LogP contribution in [0.5, 0.6) is 0 Å². The molecule has 1 N–H and O–H groups in total. The van der Waals surface area contributed by atoms with Gasteiger partial charge >= 0.3 is 11.9 Å². The van der Waals surface area contributed by atoms with Gasteiger partial charge in [-0.1, -0.05) is 19.3 Å². The van der Waals surface area contributed by atoms with E-state index >= 15 is 0 Å². The number of carbonyl (C=O) groups excluding carboxylic acids is 2. The van der Waals surface area contributed by atoms with E-state index < -0.39 is 11.9 Å². The molecule has 3 aromatic rings. The molecule has 0 unspecified atom stereocenters. The minimum absolute atomic E-state index is 0.0267. The zero-order valence-corrected chi connectivity index (χ0v) is 17.6. The highest BCUT2D eigenvalue weighted by Gasteiger charge is 2.31. The maximum Gasteiger partial charge on any atom is 0.345 e. The molecule has 3 aromatic heterocycles.